The molecule has 8 heteroatoms. The van der Waals surface area contributed by atoms with Crippen LogP contribution in [0.4, 0.5) is 10.5 Å². The van der Waals surface area contributed by atoms with Crippen molar-refractivity contribution in [1.29, 1.82) is 0 Å². The fourth-order valence-corrected chi connectivity index (χ4v) is 3.89. The molecule has 1 atom stereocenters. The number of alkyl carbamates (subject to hydrolysis) is 1. The molecule has 202 valence electrons. The summed E-state index contributed by atoms with van der Waals surface area (Å²) in [4.78, 5) is 40.8. The first-order valence-electron chi connectivity index (χ1n) is 12.9. The number of nitrogens with one attached hydrogen (secondary N) is 2. The molecule has 0 aliphatic rings. The Labute approximate surface area is 220 Å². The molecule has 0 fully saturated rings. The maximum Gasteiger partial charge on any atom is 0.408 e. The zero-order chi connectivity index (χ0) is 27.4. The first-order chi connectivity index (χ1) is 17.5. The van der Waals surface area contributed by atoms with E-state index in [4.69, 9.17) is 4.74 Å². The molecular weight excluding hydrogens is 470 g/mol. The molecule has 0 spiro atoms. The van der Waals surface area contributed by atoms with E-state index in [1.165, 1.54) is 17.0 Å². The summed E-state index contributed by atoms with van der Waals surface area (Å²) in [5, 5.41) is 15.3. The molecule has 2 rings (SSSR count). The van der Waals surface area contributed by atoms with Crippen LogP contribution in [0.15, 0.2) is 48.5 Å². The third-order valence-electron chi connectivity index (χ3n) is 5.78. The van der Waals surface area contributed by atoms with Crippen LogP contribution in [-0.2, 0) is 14.3 Å². The predicted molar refractivity (Wildman–Crippen MR) is 145 cm³/mol. The lowest BCUT2D eigenvalue weighted by atomic mass is 10.0. The van der Waals surface area contributed by atoms with E-state index in [0.717, 1.165) is 31.2 Å². The molecule has 8 nitrogen and oxygen atoms in total. The lowest BCUT2D eigenvalue weighted by Crippen LogP contribution is -2.47. The van der Waals surface area contributed by atoms with Crippen LogP contribution in [0.3, 0.4) is 0 Å². The number of hydrogen-bond acceptors (Lipinski definition) is 5. The van der Waals surface area contributed by atoms with Crippen LogP contribution < -0.4 is 10.6 Å². The number of carbonyl (C=O) groups is 3. The van der Waals surface area contributed by atoms with Crippen LogP contribution in [0.1, 0.15) is 77.0 Å². The summed E-state index contributed by atoms with van der Waals surface area (Å²) < 4.78 is 5.26. The lowest BCUT2D eigenvalue weighted by Gasteiger charge is -2.32. The number of unbranched alkanes of at least 4 members (excludes halogenated alkanes) is 4. The molecular formula is C29H41N3O5. The van der Waals surface area contributed by atoms with Gasteiger partial charge in [-0.05, 0) is 63.4 Å². The van der Waals surface area contributed by atoms with Gasteiger partial charge >= 0.3 is 6.09 Å². The molecule has 0 aromatic heterocycles. The maximum atomic E-state index is 13.7. The number of benzene rings is 2. The Morgan fingerprint density at radius 1 is 0.973 bits per heavy atom. The van der Waals surface area contributed by atoms with E-state index in [-0.39, 0.29) is 18.2 Å². The number of para-hydroxylation sites is 1. The Bertz CT molecular complexity index is 1030. The van der Waals surface area contributed by atoms with Gasteiger partial charge in [0.2, 0.25) is 5.91 Å². The van der Waals surface area contributed by atoms with E-state index in [1.54, 1.807) is 32.9 Å². The monoisotopic (exact) mass is 511 g/mol. The molecule has 0 saturated heterocycles. The van der Waals surface area contributed by atoms with Crippen molar-refractivity contribution in [3.63, 3.8) is 0 Å². The molecule has 0 radical (unpaired) electrons. The van der Waals surface area contributed by atoms with Crippen molar-refractivity contribution in [2.24, 2.45) is 0 Å². The highest BCUT2D eigenvalue weighted by Gasteiger charge is 2.32. The second kappa shape index (κ2) is 14.3. The zero-order valence-electron chi connectivity index (χ0n) is 22.7. The Morgan fingerprint density at radius 2 is 1.62 bits per heavy atom. The Kier molecular flexibility index (Phi) is 11.4. The van der Waals surface area contributed by atoms with Crippen molar-refractivity contribution < 1.29 is 24.2 Å². The summed E-state index contributed by atoms with van der Waals surface area (Å²) in [6.07, 6.45) is 4.16. The number of amides is 3. The topological polar surface area (TPSA) is 108 Å². The number of rotatable bonds is 12. The van der Waals surface area contributed by atoms with Gasteiger partial charge in [0.25, 0.3) is 5.91 Å². The number of phenols is 1. The van der Waals surface area contributed by atoms with Crippen molar-refractivity contribution >= 4 is 23.6 Å². The van der Waals surface area contributed by atoms with Crippen molar-refractivity contribution in [3.05, 3.63) is 59.7 Å². The first-order valence-corrected chi connectivity index (χ1v) is 12.9. The number of nitrogens with zero attached hydrogens (tertiary/aromatic N) is 1. The normalized spacial score (nSPS) is 11.9. The van der Waals surface area contributed by atoms with E-state index in [9.17, 15) is 19.5 Å². The molecule has 3 N–H and O–H groups in total. The van der Waals surface area contributed by atoms with Crippen LogP contribution in [0.25, 0.3) is 0 Å². The van der Waals surface area contributed by atoms with Gasteiger partial charge in [0.1, 0.15) is 23.9 Å². The molecule has 0 aliphatic carbocycles. The third-order valence-corrected chi connectivity index (χ3v) is 5.78. The summed E-state index contributed by atoms with van der Waals surface area (Å²) in [5.41, 5.74) is 1.40. The van der Waals surface area contributed by atoms with Crippen LogP contribution in [0, 0.1) is 6.92 Å². The minimum atomic E-state index is -0.959. The first kappa shape index (κ1) is 29.7. The van der Waals surface area contributed by atoms with Crippen LogP contribution in [0.5, 0.6) is 5.75 Å². The largest absolute Gasteiger partial charge is 0.508 e. The molecule has 0 saturated carbocycles. The Morgan fingerprint density at radius 3 is 2.24 bits per heavy atom. The van der Waals surface area contributed by atoms with Gasteiger partial charge in [-0.2, -0.15) is 0 Å². The molecule has 1 unspecified atom stereocenters. The second-order valence-corrected chi connectivity index (χ2v) is 10.2. The molecule has 37 heavy (non-hydrogen) atoms. The van der Waals surface area contributed by atoms with Crippen LogP contribution in [-0.4, -0.2) is 46.6 Å². The minimum Gasteiger partial charge on any atom is -0.508 e. The zero-order valence-corrected chi connectivity index (χ0v) is 22.7. The van der Waals surface area contributed by atoms with E-state index >= 15 is 0 Å². The average molecular weight is 512 g/mol. The number of phenolic OH excluding ortho intramolecular Hbond substituents is 1. The van der Waals surface area contributed by atoms with E-state index in [2.05, 4.69) is 17.6 Å². The number of aromatic hydroxyl groups is 1. The van der Waals surface area contributed by atoms with Gasteiger partial charge in [-0.3, -0.25) is 9.59 Å². The van der Waals surface area contributed by atoms with Crippen molar-refractivity contribution in [2.75, 3.05) is 18.4 Å². The Hall–Kier alpha value is -3.55. The van der Waals surface area contributed by atoms with Gasteiger partial charge in [0.15, 0.2) is 0 Å². The number of ether oxygens (including phenoxy) is 1. The number of carbonyl (C=O) groups excluding carboxylic acids is 3. The number of anilines is 1. The minimum absolute atomic E-state index is 0.0610. The van der Waals surface area contributed by atoms with Gasteiger partial charge in [0.05, 0.1) is 0 Å². The van der Waals surface area contributed by atoms with E-state index < -0.39 is 23.6 Å². The predicted octanol–water partition coefficient (Wildman–Crippen LogP) is 5.70. The molecule has 2 aromatic rings. The molecule has 0 bridgehead atoms. The fraction of sp³-hybridized carbons (Fsp3) is 0.483. The van der Waals surface area contributed by atoms with E-state index in [1.807, 2.05) is 31.2 Å². The molecule has 3 amide bonds. The molecule has 2 aromatic carbocycles. The van der Waals surface area contributed by atoms with Gasteiger partial charge < -0.3 is 25.4 Å². The lowest BCUT2D eigenvalue weighted by molar-refractivity contribution is -0.138. The maximum absolute atomic E-state index is 13.7. The summed E-state index contributed by atoms with van der Waals surface area (Å²) in [6, 6.07) is 12.7. The quantitative estimate of drug-likeness (QED) is 0.317. The summed E-state index contributed by atoms with van der Waals surface area (Å²) in [6.45, 7) is 9.29. The van der Waals surface area contributed by atoms with Gasteiger partial charge in [0, 0.05) is 12.2 Å². The highest BCUT2D eigenvalue weighted by atomic mass is 16.6. The van der Waals surface area contributed by atoms with Gasteiger partial charge in [-0.25, -0.2) is 4.79 Å². The van der Waals surface area contributed by atoms with E-state index in [0.29, 0.717) is 24.2 Å². The second-order valence-electron chi connectivity index (χ2n) is 10.2. The number of aryl methyl sites for hydroxylation is 1. The average Bonchev–Trinajstić information content (AvgIpc) is 2.83. The summed E-state index contributed by atoms with van der Waals surface area (Å²) >= 11 is 0. The molecule has 0 aliphatic heterocycles. The Balaban J connectivity index is 2.34. The standard InChI is InChI=1S/C29H41N3O5/c1-6-7-8-9-12-19-32(25(34)20-30-28(36)37-29(3,4)5)26(22-15-17-23(33)18-16-22)27(35)31-24-14-11-10-13-21(24)2/h10-11,13-18,26,33H,6-9,12,19-20H2,1-5H3,(H,30,36)(H,31,35). The summed E-state index contributed by atoms with van der Waals surface area (Å²) in [5.74, 6) is -0.718. The molecule has 0 heterocycles. The highest BCUT2D eigenvalue weighted by molar-refractivity contribution is 5.98. The van der Waals surface area contributed by atoms with Crippen molar-refractivity contribution in [3.8, 4) is 5.75 Å². The van der Waals surface area contributed by atoms with Gasteiger partial charge in [-0.1, -0.05) is 62.9 Å². The van der Waals surface area contributed by atoms with Crippen LogP contribution in [0.2, 0.25) is 0 Å². The highest BCUT2D eigenvalue weighted by Crippen LogP contribution is 2.27. The third kappa shape index (κ3) is 10.1. The SMILES string of the molecule is CCCCCCCN(C(=O)CNC(=O)OC(C)(C)C)C(C(=O)Nc1ccccc1C)c1ccc(O)cc1. The summed E-state index contributed by atoms with van der Waals surface area (Å²) in [7, 11) is 0. The smallest absolute Gasteiger partial charge is 0.408 e. The van der Waals surface area contributed by atoms with Crippen molar-refractivity contribution in [2.45, 2.75) is 78.4 Å². The van der Waals surface area contributed by atoms with Gasteiger partial charge in [-0.15, -0.1) is 0 Å². The fourth-order valence-electron chi connectivity index (χ4n) is 3.89. The van der Waals surface area contributed by atoms with Crippen LogP contribution >= 0.6 is 0 Å². The number of hydrogen-bond donors (Lipinski definition) is 3. The van der Waals surface area contributed by atoms with Crippen molar-refractivity contribution in [1.82, 2.24) is 10.2 Å².